The second kappa shape index (κ2) is 5.84. The molecular formula is C17H27N3O2. The third-order valence-corrected chi connectivity index (χ3v) is 6.18. The first-order valence-electron chi connectivity index (χ1n) is 9.06. The predicted molar refractivity (Wildman–Crippen MR) is 83.2 cm³/mol. The molecule has 5 heteroatoms. The van der Waals surface area contributed by atoms with E-state index in [4.69, 9.17) is 0 Å². The molecule has 0 radical (unpaired) electrons. The number of carbonyl (C=O) groups excluding carboxylic acids is 2. The molecule has 0 aromatic carbocycles. The van der Waals surface area contributed by atoms with Gasteiger partial charge in [0.2, 0.25) is 11.8 Å². The standard InChI is InChI=1S/C17H27N3O2/c21-16-9-12(11-19(16)13-3-1-2-4-13)17(22)20-14-5-6-15(20)10-18-8-7-14/h12-15,18H,1-11H2. The molecule has 3 aliphatic heterocycles. The largest absolute Gasteiger partial charge is 0.339 e. The van der Waals surface area contributed by atoms with Crippen LogP contribution in [-0.4, -0.2) is 59.4 Å². The minimum Gasteiger partial charge on any atom is -0.339 e. The van der Waals surface area contributed by atoms with Crippen molar-refractivity contribution in [1.82, 2.24) is 15.1 Å². The molecule has 1 aliphatic carbocycles. The SMILES string of the molecule is O=C1CC(C(=O)N2C3CCNCC2CC3)CN1C1CCCC1. The van der Waals surface area contributed by atoms with E-state index >= 15 is 0 Å². The van der Waals surface area contributed by atoms with Gasteiger partial charge in [-0.1, -0.05) is 12.8 Å². The van der Waals surface area contributed by atoms with Crippen LogP contribution in [0.15, 0.2) is 0 Å². The van der Waals surface area contributed by atoms with Crippen molar-refractivity contribution in [1.29, 1.82) is 0 Å². The molecule has 2 amide bonds. The Hall–Kier alpha value is -1.10. The van der Waals surface area contributed by atoms with Crippen molar-refractivity contribution >= 4 is 11.8 Å². The Morgan fingerprint density at radius 2 is 1.77 bits per heavy atom. The summed E-state index contributed by atoms with van der Waals surface area (Å²) in [7, 11) is 0. The summed E-state index contributed by atoms with van der Waals surface area (Å²) < 4.78 is 0. The van der Waals surface area contributed by atoms with Gasteiger partial charge >= 0.3 is 0 Å². The van der Waals surface area contributed by atoms with Gasteiger partial charge in [-0.3, -0.25) is 9.59 Å². The van der Waals surface area contributed by atoms with Crippen LogP contribution in [0.1, 0.15) is 51.4 Å². The van der Waals surface area contributed by atoms with Crippen LogP contribution in [0.2, 0.25) is 0 Å². The minimum atomic E-state index is -0.0886. The Morgan fingerprint density at radius 3 is 2.59 bits per heavy atom. The minimum absolute atomic E-state index is 0.0886. The number of hydrogen-bond donors (Lipinski definition) is 1. The number of likely N-dealkylation sites (tertiary alicyclic amines) is 1. The number of rotatable bonds is 2. The first kappa shape index (κ1) is 14.5. The van der Waals surface area contributed by atoms with Crippen LogP contribution in [0.25, 0.3) is 0 Å². The van der Waals surface area contributed by atoms with Crippen LogP contribution in [0.3, 0.4) is 0 Å². The van der Waals surface area contributed by atoms with Crippen LogP contribution in [-0.2, 0) is 9.59 Å². The highest BCUT2D eigenvalue weighted by molar-refractivity contribution is 5.90. The fraction of sp³-hybridized carbons (Fsp3) is 0.882. The van der Waals surface area contributed by atoms with Crippen molar-refractivity contribution in [2.45, 2.75) is 69.5 Å². The lowest BCUT2D eigenvalue weighted by molar-refractivity contribution is -0.138. The van der Waals surface area contributed by atoms with Crippen molar-refractivity contribution in [2.75, 3.05) is 19.6 Å². The van der Waals surface area contributed by atoms with E-state index in [9.17, 15) is 9.59 Å². The average molecular weight is 305 g/mol. The Kier molecular flexibility index (Phi) is 3.84. The summed E-state index contributed by atoms with van der Waals surface area (Å²) in [6, 6.07) is 1.17. The van der Waals surface area contributed by atoms with E-state index in [1.807, 2.05) is 4.90 Å². The maximum atomic E-state index is 13.0. The number of nitrogens with one attached hydrogen (secondary N) is 1. The third-order valence-electron chi connectivity index (χ3n) is 6.18. The average Bonchev–Trinajstić information content (AvgIpc) is 3.16. The lowest BCUT2D eigenvalue weighted by Crippen LogP contribution is -2.46. The highest BCUT2D eigenvalue weighted by atomic mass is 16.2. The molecule has 4 fully saturated rings. The van der Waals surface area contributed by atoms with E-state index < -0.39 is 0 Å². The quantitative estimate of drug-likeness (QED) is 0.832. The fourth-order valence-electron chi connectivity index (χ4n) is 5.02. The Morgan fingerprint density at radius 1 is 1.00 bits per heavy atom. The molecule has 2 bridgehead atoms. The van der Waals surface area contributed by atoms with Crippen LogP contribution >= 0.6 is 0 Å². The Bertz CT molecular complexity index is 447. The number of fused-ring (bicyclic) bond motifs is 2. The predicted octanol–water partition coefficient (Wildman–Crippen LogP) is 1.13. The van der Waals surface area contributed by atoms with Gasteiger partial charge in [0.25, 0.3) is 0 Å². The van der Waals surface area contributed by atoms with Gasteiger partial charge in [0, 0.05) is 37.6 Å². The molecular weight excluding hydrogens is 278 g/mol. The molecule has 3 atom stereocenters. The van der Waals surface area contributed by atoms with Gasteiger partial charge in [0.1, 0.15) is 0 Å². The molecule has 5 nitrogen and oxygen atoms in total. The summed E-state index contributed by atoms with van der Waals surface area (Å²) in [6.45, 7) is 2.61. The van der Waals surface area contributed by atoms with Gasteiger partial charge in [-0.2, -0.15) is 0 Å². The van der Waals surface area contributed by atoms with Crippen LogP contribution < -0.4 is 5.32 Å². The summed E-state index contributed by atoms with van der Waals surface area (Å²) in [4.78, 5) is 29.6. The zero-order valence-electron chi connectivity index (χ0n) is 13.3. The topological polar surface area (TPSA) is 52.7 Å². The fourth-order valence-corrected chi connectivity index (χ4v) is 5.02. The molecule has 1 saturated carbocycles. The van der Waals surface area contributed by atoms with E-state index in [0.29, 0.717) is 31.1 Å². The number of amides is 2. The summed E-state index contributed by atoms with van der Waals surface area (Å²) in [5.41, 5.74) is 0. The van der Waals surface area contributed by atoms with Gasteiger partial charge < -0.3 is 15.1 Å². The zero-order valence-corrected chi connectivity index (χ0v) is 13.3. The van der Waals surface area contributed by atoms with E-state index in [0.717, 1.165) is 45.2 Å². The molecule has 0 aromatic rings. The van der Waals surface area contributed by atoms with Crippen molar-refractivity contribution in [3.8, 4) is 0 Å². The van der Waals surface area contributed by atoms with Crippen molar-refractivity contribution in [3.63, 3.8) is 0 Å². The van der Waals surface area contributed by atoms with Crippen molar-refractivity contribution in [2.24, 2.45) is 5.92 Å². The molecule has 22 heavy (non-hydrogen) atoms. The molecule has 122 valence electrons. The van der Waals surface area contributed by atoms with E-state index in [2.05, 4.69) is 10.2 Å². The molecule has 0 spiro atoms. The van der Waals surface area contributed by atoms with Gasteiger partial charge in [0.05, 0.1) is 5.92 Å². The van der Waals surface area contributed by atoms with E-state index in [1.165, 1.54) is 12.8 Å². The van der Waals surface area contributed by atoms with E-state index in [1.54, 1.807) is 0 Å². The molecule has 3 saturated heterocycles. The maximum absolute atomic E-state index is 13.0. The highest BCUT2D eigenvalue weighted by Gasteiger charge is 2.45. The van der Waals surface area contributed by atoms with Crippen LogP contribution in [0.4, 0.5) is 0 Å². The number of nitrogens with zero attached hydrogens (tertiary/aromatic N) is 2. The summed E-state index contributed by atoms with van der Waals surface area (Å²) in [5.74, 6) is 0.380. The lowest BCUT2D eigenvalue weighted by atomic mass is 10.1. The first-order chi connectivity index (χ1) is 10.7. The van der Waals surface area contributed by atoms with Crippen molar-refractivity contribution < 1.29 is 9.59 Å². The van der Waals surface area contributed by atoms with Crippen LogP contribution in [0.5, 0.6) is 0 Å². The van der Waals surface area contributed by atoms with Crippen molar-refractivity contribution in [3.05, 3.63) is 0 Å². The number of carbonyl (C=O) groups is 2. The number of hydrogen-bond acceptors (Lipinski definition) is 3. The second-order valence-corrected chi connectivity index (χ2v) is 7.51. The summed E-state index contributed by atoms with van der Waals surface area (Å²) in [6.07, 6.45) is 8.50. The third kappa shape index (κ3) is 2.43. The lowest BCUT2D eigenvalue weighted by Gasteiger charge is -2.31. The van der Waals surface area contributed by atoms with Gasteiger partial charge in [-0.05, 0) is 38.6 Å². The first-order valence-corrected chi connectivity index (χ1v) is 9.06. The molecule has 1 N–H and O–H groups in total. The smallest absolute Gasteiger partial charge is 0.228 e. The maximum Gasteiger partial charge on any atom is 0.228 e. The van der Waals surface area contributed by atoms with Gasteiger partial charge in [-0.25, -0.2) is 0 Å². The molecule has 4 rings (SSSR count). The molecule has 3 unspecified atom stereocenters. The second-order valence-electron chi connectivity index (χ2n) is 7.51. The Labute approximate surface area is 132 Å². The summed E-state index contributed by atoms with van der Waals surface area (Å²) >= 11 is 0. The zero-order chi connectivity index (χ0) is 15.1. The monoisotopic (exact) mass is 305 g/mol. The highest BCUT2D eigenvalue weighted by Crippen LogP contribution is 2.34. The molecule has 4 aliphatic rings. The van der Waals surface area contributed by atoms with Crippen LogP contribution in [0, 0.1) is 5.92 Å². The van der Waals surface area contributed by atoms with Gasteiger partial charge in [0.15, 0.2) is 0 Å². The summed E-state index contributed by atoms with van der Waals surface area (Å²) in [5, 5.41) is 3.45. The van der Waals surface area contributed by atoms with Gasteiger partial charge in [-0.15, -0.1) is 0 Å². The Balaban J connectivity index is 1.45. The van der Waals surface area contributed by atoms with E-state index in [-0.39, 0.29) is 17.7 Å². The molecule has 0 aromatic heterocycles. The molecule has 3 heterocycles. The normalized spacial score (nSPS) is 36.2.